The highest BCUT2D eigenvalue weighted by Crippen LogP contribution is 2.34. The van der Waals surface area contributed by atoms with Gasteiger partial charge in [0.1, 0.15) is 5.82 Å². The van der Waals surface area contributed by atoms with Crippen LogP contribution >= 0.6 is 0 Å². The topological polar surface area (TPSA) is 114 Å². The lowest BCUT2D eigenvalue weighted by Gasteiger charge is -2.30. The van der Waals surface area contributed by atoms with E-state index >= 15 is 0 Å². The van der Waals surface area contributed by atoms with Crippen molar-refractivity contribution in [1.82, 2.24) is 49.6 Å². The van der Waals surface area contributed by atoms with Crippen molar-refractivity contribution < 1.29 is 0 Å². The van der Waals surface area contributed by atoms with Crippen LogP contribution in [0.25, 0.3) is 50.7 Å². The van der Waals surface area contributed by atoms with E-state index in [9.17, 15) is 0 Å². The molecule has 7 aromatic rings. The summed E-state index contributed by atoms with van der Waals surface area (Å²) in [5, 5.41) is 14.3. The van der Waals surface area contributed by atoms with Gasteiger partial charge < -0.3 is 4.98 Å². The fourth-order valence-corrected chi connectivity index (χ4v) is 6.08. The summed E-state index contributed by atoms with van der Waals surface area (Å²) in [5.41, 5.74) is 8.01. The SMILES string of the molecule is Cc1cc2ncc3cc(-c4ccccc4)c(-c4ccc(CN5CCC(c6nnc(-c7ncccn7)[nH]6)CC5)cc4)nc3n2n1. The monoisotopic (exact) mass is 578 g/mol. The van der Waals surface area contributed by atoms with Crippen molar-refractivity contribution in [2.45, 2.75) is 32.2 Å². The normalized spacial score (nSPS) is 14.5. The quantitative estimate of drug-likeness (QED) is 0.261. The molecule has 0 aliphatic carbocycles. The lowest BCUT2D eigenvalue weighted by molar-refractivity contribution is 0.202. The minimum atomic E-state index is 0.356. The van der Waals surface area contributed by atoms with Crippen molar-refractivity contribution >= 4 is 16.7 Å². The van der Waals surface area contributed by atoms with Crippen LogP contribution in [0, 0.1) is 6.92 Å². The number of aromatic nitrogens is 9. The van der Waals surface area contributed by atoms with E-state index in [4.69, 9.17) is 4.98 Å². The third-order valence-corrected chi connectivity index (χ3v) is 8.35. The molecule has 0 radical (unpaired) electrons. The average Bonchev–Trinajstić information content (AvgIpc) is 3.73. The summed E-state index contributed by atoms with van der Waals surface area (Å²) in [6.07, 6.45) is 7.38. The Morgan fingerprint density at radius 2 is 1.64 bits per heavy atom. The zero-order chi connectivity index (χ0) is 29.5. The molecule has 1 N–H and O–H groups in total. The second-order valence-electron chi connectivity index (χ2n) is 11.4. The van der Waals surface area contributed by atoms with E-state index in [-0.39, 0.29) is 0 Å². The number of nitrogens with one attached hydrogen (secondary N) is 1. The molecule has 0 unspecified atom stereocenters. The molecule has 0 spiro atoms. The first kappa shape index (κ1) is 26.3. The Morgan fingerprint density at radius 3 is 2.43 bits per heavy atom. The summed E-state index contributed by atoms with van der Waals surface area (Å²) < 4.78 is 1.84. The van der Waals surface area contributed by atoms with Crippen molar-refractivity contribution in [2.75, 3.05) is 13.1 Å². The number of aromatic amines is 1. The summed E-state index contributed by atoms with van der Waals surface area (Å²) in [4.78, 5) is 24.2. The number of hydrogen-bond acceptors (Lipinski definition) is 8. The van der Waals surface area contributed by atoms with E-state index in [2.05, 4.69) is 94.7 Å². The van der Waals surface area contributed by atoms with E-state index in [1.54, 1.807) is 18.5 Å². The smallest absolute Gasteiger partial charge is 0.199 e. The molecule has 5 aromatic heterocycles. The second kappa shape index (κ2) is 11.1. The summed E-state index contributed by atoms with van der Waals surface area (Å²) >= 11 is 0. The molecule has 1 aliphatic heterocycles. The van der Waals surface area contributed by atoms with E-state index < -0.39 is 0 Å². The summed E-state index contributed by atoms with van der Waals surface area (Å²) in [5.74, 6) is 2.48. The predicted molar refractivity (Wildman–Crippen MR) is 169 cm³/mol. The highest BCUT2D eigenvalue weighted by atomic mass is 15.3. The summed E-state index contributed by atoms with van der Waals surface area (Å²) in [6.45, 7) is 4.89. The van der Waals surface area contributed by atoms with Gasteiger partial charge in [-0.2, -0.15) is 9.61 Å². The predicted octanol–water partition coefficient (Wildman–Crippen LogP) is 5.87. The zero-order valence-corrected chi connectivity index (χ0v) is 24.3. The maximum atomic E-state index is 5.20. The molecule has 1 fully saturated rings. The molecular weight excluding hydrogens is 548 g/mol. The van der Waals surface area contributed by atoms with Crippen LogP contribution in [-0.2, 0) is 6.54 Å². The number of fused-ring (bicyclic) bond motifs is 3. The van der Waals surface area contributed by atoms with Crippen LogP contribution in [-0.4, -0.2) is 62.7 Å². The van der Waals surface area contributed by atoms with Gasteiger partial charge in [0.25, 0.3) is 0 Å². The number of hydrogen-bond donors (Lipinski definition) is 1. The van der Waals surface area contributed by atoms with Crippen LogP contribution < -0.4 is 0 Å². The van der Waals surface area contributed by atoms with Crippen LogP contribution in [0.3, 0.4) is 0 Å². The molecule has 0 atom stereocenters. The first-order valence-corrected chi connectivity index (χ1v) is 14.9. The molecule has 216 valence electrons. The van der Waals surface area contributed by atoms with E-state index in [1.807, 2.05) is 29.8 Å². The fourth-order valence-electron chi connectivity index (χ4n) is 6.08. The van der Waals surface area contributed by atoms with Gasteiger partial charge in [-0.3, -0.25) is 4.90 Å². The molecule has 6 heterocycles. The van der Waals surface area contributed by atoms with Crippen molar-refractivity contribution in [3.8, 4) is 34.0 Å². The molecule has 1 saturated heterocycles. The Morgan fingerprint density at radius 1 is 0.841 bits per heavy atom. The number of pyridine rings is 1. The van der Waals surface area contributed by atoms with Crippen LogP contribution in [0.2, 0.25) is 0 Å². The lowest BCUT2D eigenvalue weighted by Crippen LogP contribution is -2.32. The molecule has 44 heavy (non-hydrogen) atoms. The Bertz CT molecular complexity index is 2060. The van der Waals surface area contributed by atoms with Gasteiger partial charge in [0.15, 0.2) is 22.9 Å². The third kappa shape index (κ3) is 4.99. The molecule has 10 nitrogen and oxygen atoms in total. The largest absolute Gasteiger partial charge is 0.322 e. The molecule has 0 bridgehead atoms. The van der Waals surface area contributed by atoms with Crippen LogP contribution in [0.5, 0.6) is 0 Å². The molecule has 0 amide bonds. The molecule has 0 saturated carbocycles. The van der Waals surface area contributed by atoms with Crippen molar-refractivity contribution in [3.63, 3.8) is 0 Å². The van der Waals surface area contributed by atoms with Gasteiger partial charge in [0.2, 0.25) is 0 Å². The number of nitrogens with zero attached hydrogens (tertiary/aromatic N) is 9. The van der Waals surface area contributed by atoms with Gasteiger partial charge >= 0.3 is 0 Å². The number of likely N-dealkylation sites (tertiary alicyclic amines) is 1. The summed E-state index contributed by atoms with van der Waals surface area (Å²) in [6, 6.07) is 25.2. The zero-order valence-electron chi connectivity index (χ0n) is 24.3. The maximum absolute atomic E-state index is 5.20. The summed E-state index contributed by atoms with van der Waals surface area (Å²) in [7, 11) is 0. The minimum Gasteiger partial charge on any atom is -0.322 e. The third-order valence-electron chi connectivity index (χ3n) is 8.35. The number of piperidine rings is 1. The Balaban J connectivity index is 1.02. The van der Waals surface area contributed by atoms with Crippen LogP contribution in [0.4, 0.5) is 0 Å². The van der Waals surface area contributed by atoms with Gasteiger partial charge in [0.05, 0.1) is 11.4 Å². The van der Waals surface area contributed by atoms with Crippen LogP contribution in [0.15, 0.2) is 91.4 Å². The maximum Gasteiger partial charge on any atom is 0.199 e. The first-order valence-electron chi connectivity index (χ1n) is 14.9. The number of aryl methyl sites for hydroxylation is 1. The molecule has 8 rings (SSSR count). The average molecular weight is 579 g/mol. The van der Waals surface area contributed by atoms with Gasteiger partial charge in [-0.15, -0.1) is 10.2 Å². The van der Waals surface area contributed by atoms with Crippen LogP contribution in [0.1, 0.15) is 35.8 Å². The fraction of sp³-hybridized carbons (Fsp3) is 0.206. The van der Waals surface area contributed by atoms with Crippen molar-refractivity contribution in [1.29, 1.82) is 0 Å². The van der Waals surface area contributed by atoms with Crippen molar-refractivity contribution in [2.24, 2.45) is 0 Å². The first-order chi connectivity index (χ1) is 21.7. The number of benzene rings is 2. The number of H-pyrrole nitrogens is 1. The van der Waals surface area contributed by atoms with E-state index in [1.165, 1.54) is 5.56 Å². The molecule has 2 aromatic carbocycles. The van der Waals surface area contributed by atoms with E-state index in [0.717, 1.165) is 83.1 Å². The standard InChI is InChI=1S/C34H30N10/c1-22-18-29-37-20-27-19-28(24-6-3-2-4-7-24)30(38-34(27)44(29)42-22)25-10-8-23(9-11-25)21-43-16-12-26(13-17-43)31-39-33(41-40-31)32-35-14-5-15-36-32/h2-11,14-15,18-20,26H,12-13,16-17,21H2,1H3,(H,39,40,41). The Labute approximate surface area is 253 Å². The lowest BCUT2D eigenvalue weighted by atomic mass is 9.95. The molecule has 10 heteroatoms. The highest BCUT2D eigenvalue weighted by Gasteiger charge is 2.24. The van der Waals surface area contributed by atoms with Gasteiger partial charge in [0, 0.05) is 53.6 Å². The molecule has 1 aliphatic rings. The van der Waals surface area contributed by atoms with E-state index in [0.29, 0.717) is 17.6 Å². The second-order valence-corrected chi connectivity index (χ2v) is 11.4. The minimum absolute atomic E-state index is 0.356. The number of rotatable bonds is 6. The Kier molecular flexibility index (Phi) is 6.60. The highest BCUT2D eigenvalue weighted by molar-refractivity contribution is 5.90. The molecular formula is C34H30N10. The van der Waals surface area contributed by atoms with Gasteiger partial charge in [-0.1, -0.05) is 54.6 Å². The van der Waals surface area contributed by atoms with Gasteiger partial charge in [-0.05, 0) is 56.1 Å². The van der Waals surface area contributed by atoms with Crippen molar-refractivity contribution in [3.05, 3.63) is 108 Å². The van der Waals surface area contributed by atoms with Gasteiger partial charge in [-0.25, -0.2) is 19.9 Å². The Hall–Kier alpha value is -5.35.